The largest absolute Gasteiger partial charge is 0.399 e. The molecule has 0 radical (unpaired) electrons. The zero-order valence-electron chi connectivity index (χ0n) is 20.6. The van der Waals surface area contributed by atoms with Crippen LogP contribution in [0.5, 0.6) is 0 Å². The van der Waals surface area contributed by atoms with Crippen molar-refractivity contribution in [1.82, 2.24) is 0 Å². The van der Waals surface area contributed by atoms with Crippen molar-refractivity contribution in [2.24, 2.45) is 19.3 Å². The summed E-state index contributed by atoms with van der Waals surface area (Å²) in [7, 11) is -8.49. The van der Waals surface area contributed by atoms with Gasteiger partial charge in [0, 0.05) is 17.3 Å². The van der Waals surface area contributed by atoms with E-state index in [0.29, 0.717) is 16.9 Å². The lowest BCUT2D eigenvalue weighted by Gasteiger charge is -2.26. The van der Waals surface area contributed by atoms with Crippen LogP contribution >= 0.6 is 0 Å². The number of hydrogen-bond donors (Lipinski definition) is 2. The van der Waals surface area contributed by atoms with Gasteiger partial charge in [0.2, 0.25) is 5.66 Å². The molecule has 0 aromatic heterocycles. The Morgan fingerprint density at radius 2 is 1.24 bits per heavy atom. The minimum Gasteiger partial charge on any atom is -0.399 e. The van der Waals surface area contributed by atoms with Gasteiger partial charge in [0.15, 0.2) is 0 Å². The number of allylic oxidation sites excluding steroid dienone is 2. The van der Waals surface area contributed by atoms with Gasteiger partial charge >= 0.3 is 0 Å². The summed E-state index contributed by atoms with van der Waals surface area (Å²) in [6.07, 6.45) is 5.07. The molecule has 196 valence electrons. The van der Waals surface area contributed by atoms with Gasteiger partial charge in [0.05, 0.1) is 9.79 Å². The normalized spacial score (nSPS) is 17.6. The van der Waals surface area contributed by atoms with E-state index in [1.165, 1.54) is 54.6 Å². The predicted molar refractivity (Wildman–Crippen MR) is 145 cm³/mol. The zero-order valence-corrected chi connectivity index (χ0v) is 22.3. The molecular formula is C26H26N6O4S2. The van der Waals surface area contributed by atoms with Crippen LogP contribution in [0.1, 0.15) is 24.0 Å². The van der Waals surface area contributed by atoms with Crippen LogP contribution in [-0.4, -0.2) is 22.5 Å². The lowest BCUT2D eigenvalue weighted by molar-refractivity contribution is 0.554. The van der Waals surface area contributed by atoms with Gasteiger partial charge in [-0.3, -0.25) is 0 Å². The highest BCUT2D eigenvalue weighted by Gasteiger charge is 2.35. The van der Waals surface area contributed by atoms with E-state index in [9.17, 15) is 16.8 Å². The lowest BCUT2D eigenvalue weighted by atomic mass is 9.86. The summed E-state index contributed by atoms with van der Waals surface area (Å²) >= 11 is 0. The maximum atomic E-state index is 12.9. The third-order valence-electron chi connectivity index (χ3n) is 5.93. The van der Waals surface area contributed by atoms with Crippen LogP contribution in [0, 0.1) is 6.92 Å². The van der Waals surface area contributed by atoms with Crippen LogP contribution in [-0.2, 0) is 20.0 Å². The summed E-state index contributed by atoms with van der Waals surface area (Å²) in [6, 6.07) is 18.8. The molecule has 1 aliphatic carbocycles. The topological polar surface area (TPSA) is 170 Å². The number of anilines is 2. The van der Waals surface area contributed by atoms with Crippen molar-refractivity contribution in [2.75, 3.05) is 11.5 Å². The number of sulfonamides is 2. The molecule has 0 saturated carbocycles. The average molecular weight is 551 g/mol. The molecule has 4 rings (SSSR count). The number of rotatable bonds is 7. The highest BCUT2D eigenvalue weighted by Crippen LogP contribution is 2.37. The number of nitrogens with two attached hydrogens (primary N) is 2. The van der Waals surface area contributed by atoms with E-state index in [4.69, 9.17) is 11.5 Å². The molecule has 0 spiro atoms. The first-order valence-electron chi connectivity index (χ1n) is 11.4. The van der Waals surface area contributed by atoms with E-state index >= 15 is 0 Å². The molecular weight excluding hydrogens is 524 g/mol. The van der Waals surface area contributed by atoms with E-state index < -0.39 is 25.7 Å². The van der Waals surface area contributed by atoms with E-state index in [1.807, 2.05) is 37.3 Å². The van der Waals surface area contributed by atoms with Crippen LogP contribution in [0.3, 0.4) is 0 Å². The number of hydrogen-bond acceptors (Lipinski definition) is 8. The van der Waals surface area contributed by atoms with E-state index in [1.54, 1.807) is 13.0 Å². The standard InChI is InChI=1S/C26H26N6O4S2/c1-18-4-3-5-20(16-18)21-14-15-26(19(2)17-21,29-31-37(33,34)24-10-6-22(27)7-11-24)30-32-38(35,36)25-12-8-23(28)9-13-25/h3-17,21H,27-28H2,1-2H3/b31-29+,32-30+. The number of aryl methyl sites for hydroxylation is 1. The fraction of sp³-hybridized carbons (Fsp3) is 0.154. The first-order valence-corrected chi connectivity index (χ1v) is 14.3. The molecule has 0 aliphatic heterocycles. The van der Waals surface area contributed by atoms with Crippen LogP contribution < -0.4 is 11.5 Å². The van der Waals surface area contributed by atoms with Crippen molar-refractivity contribution in [3.8, 4) is 0 Å². The molecule has 1 unspecified atom stereocenters. The van der Waals surface area contributed by atoms with E-state index in [2.05, 4.69) is 19.3 Å². The fourth-order valence-electron chi connectivity index (χ4n) is 3.75. The Morgan fingerprint density at radius 3 is 1.68 bits per heavy atom. The van der Waals surface area contributed by atoms with Crippen molar-refractivity contribution in [3.63, 3.8) is 0 Å². The smallest absolute Gasteiger partial charge is 0.299 e. The van der Waals surface area contributed by atoms with Crippen LogP contribution in [0.2, 0.25) is 0 Å². The lowest BCUT2D eigenvalue weighted by Crippen LogP contribution is -2.26. The van der Waals surface area contributed by atoms with Gasteiger partial charge < -0.3 is 11.5 Å². The molecule has 3 aromatic rings. The Hall–Kier alpha value is -4.16. The number of benzene rings is 3. The Morgan fingerprint density at radius 1 is 0.737 bits per heavy atom. The third kappa shape index (κ3) is 5.87. The molecule has 0 fully saturated rings. The molecule has 0 saturated heterocycles. The highest BCUT2D eigenvalue weighted by molar-refractivity contribution is 7.90. The SMILES string of the molecule is CC1=CC(c2cccc(C)c2)C=CC1(/N=N/S(=O)(=O)c1ccc(N)cc1)/N=N/S(=O)(=O)c1ccc(N)cc1. The Kier molecular flexibility index (Phi) is 7.29. The van der Waals surface area contributed by atoms with Gasteiger partial charge in [-0.05, 0) is 79.6 Å². The molecule has 0 bridgehead atoms. The van der Waals surface area contributed by atoms with Gasteiger partial charge in [-0.25, -0.2) is 0 Å². The van der Waals surface area contributed by atoms with Gasteiger partial charge in [-0.2, -0.15) is 16.8 Å². The van der Waals surface area contributed by atoms with Gasteiger partial charge in [-0.1, -0.05) is 51.0 Å². The molecule has 0 amide bonds. The first kappa shape index (κ1) is 26.9. The molecule has 12 heteroatoms. The third-order valence-corrected chi connectivity index (χ3v) is 8.26. The predicted octanol–water partition coefficient (Wildman–Crippen LogP) is 5.14. The Bertz CT molecular complexity index is 1590. The van der Waals surface area contributed by atoms with Crippen molar-refractivity contribution in [1.29, 1.82) is 0 Å². The first-order chi connectivity index (χ1) is 17.9. The second-order valence-corrected chi connectivity index (χ2v) is 12.0. The Labute approximate surface area is 221 Å². The van der Waals surface area contributed by atoms with E-state index in [0.717, 1.165) is 11.1 Å². The molecule has 3 aromatic carbocycles. The maximum Gasteiger partial charge on any atom is 0.299 e. The second-order valence-electron chi connectivity index (χ2n) is 8.83. The average Bonchev–Trinajstić information content (AvgIpc) is 2.88. The van der Waals surface area contributed by atoms with Crippen molar-refractivity contribution in [2.45, 2.75) is 35.2 Å². The van der Waals surface area contributed by atoms with Crippen LogP contribution in [0.4, 0.5) is 11.4 Å². The van der Waals surface area contributed by atoms with Crippen molar-refractivity contribution >= 4 is 31.4 Å². The van der Waals surface area contributed by atoms with Crippen LogP contribution in [0.25, 0.3) is 0 Å². The molecule has 0 heterocycles. The van der Waals surface area contributed by atoms with Crippen molar-refractivity contribution < 1.29 is 16.8 Å². The van der Waals surface area contributed by atoms with Gasteiger partial charge in [0.1, 0.15) is 0 Å². The maximum absolute atomic E-state index is 12.9. The molecule has 4 N–H and O–H groups in total. The molecule has 38 heavy (non-hydrogen) atoms. The second kappa shape index (κ2) is 10.3. The Balaban J connectivity index is 1.77. The summed E-state index contributed by atoms with van der Waals surface area (Å²) in [6.45, 7) is 3.64. The summed E-state index contributed by atoms with van der Waals surface area (Å²) < 4.78 is 58.7. The summed E-state index contributed by atoms with van der Waals surface area (Å²) in [4.78, 5) is -0.257. The highest BCUT2D eigenvalue weighted by atomic mass is 32.2. The summed E-state index contributed by atoms with van der Waals surface area (Å²) in [5, 5.41) is 8.06. The zero-order chi connectivity index (χ0) is 27.6. The van der Waals surface area contributed by atoms with Gasteiger partial charge in [0.25, 0.3) is 20.0 Å². The number of nitrogens with zero attached hydrogens (tertiary/aromatic N) is 4. The van der Waals surface area contributed by atoms with Crippen molar-refractivity contribution in [3.05, 3.63) is 108 Å². The quantitative estimate of drug-likeness (QED) is 0.234. The van der Waals surface area contributed by atoms with E-state index in [-0.39, 0.29) is 15.7 Å². The number of nitrogen functional groups attached to an aromatic ring is 2. The fourth-order valence-corrected chi connectivity index (χ4v) is 5.36. The molecule has 1 atom stereocenters. The summed E-state index contributed by atoms with van der Waals surface area (Å²) in [5.41, 5.74) is 12.8. The minimum atomic E-state index is -4.24. The van der Waals surface area contributed by atoms with Gasteiger partial charge in [-0.15, -0.1) is 10.2 Å². The molecule has 1 aliphatic rings. The minimum absolute atomic E-state index is 0.129. The summed E-state index contributed by atoms with van der Waals surface area (Å²) in [5.74, 6) is -0.171. The monoisotopic (exact) mass is 550 g/mol. The molecule has 10 nitrogen and oxygen atoms in total. The van der Waals surface area contributed by atoms with Crippen LogP contribution in [0.15, 0.2) is 126 Å².